The predicted octanol–water partition coefficient (Wildman–Crippen LogP) is 0.140. The van der Waals surface area contributed by atoms with E-state index in [-0.39, 0.29) is 5.91 Å². The van der Waals surface area contributed by atoms with E-state index in [4.69, 9.17) is 0 Å². The number of carbonyl (C=O) groups is 1. The van der Waals surface area contributed by atoms with E-state index in [0.717, 1.165) is 5.56 Å². The summed E-state index contributed by atoms with van der Waals surface area (Å²) in [5, 5.41) is 10.2. The third-order valence-corrected chi connectivity index (χ3v) is 2.04. The minimum atomic E-state index is -0.232. The van der Waals surface area contributed by atoms with Crippen LogP contribution in [0.15, 0.2) is 30.7 Å². The van der Waals surface area contributed by atoms with Crippen molar-refractivity contribution in [1.29, 1.82) is 0 Å². The summed E-state index contributed by atoms with van der Waals surface area (Å²) in [7, 11) is 1.71. The summed E-state index contributed by atoms with van der Waals surface area (Å²) in [6, 6.07) is 3.69. The van der Waals surface area contributed by atoms with Gasteiger partial charge in [-0.1, -0.05) is 5.21 Å². The van der Waals surface area contributed by atoms with Crippen molar-refractivity contribution in [2.24, 2.45) is 7.05 Å². The maximum Gasteiger partial charge on any atom is 0.273 e. The van der Waals surface area contributed by atoms with Crippen LogP contribution in [0.3, 0.4) is 0 Å². The van der Waals surface area contributed by atoms with E-state index in [1.54, 1.807) is 25.6 Å². The highest BCUT2D eigenvalue weighted by Gasteiger charge is 2.08. The van der Waals surface area contributed by atoms with Crippen molar-refractivity contribution >= 4 is 5.91 Å². The molecule has 1 amide bonds. The number of hydrogen-bond donors (Lipinski definition) is 1. The Labute approximate surface area is 92.3 Å². The fraction of sp³-hybridized carbons (Fsp3) is 0.200. The quantitative estimate of drug-likeness (QED) is 0.793. The second kappa shape index (κ2) is 4.52. The number of amides is 1. The number of nitrogens with one attached hydrogen (secondary N) is 1. The Balaban J connectivity index is 1.94. The fourth-order valence-corrected chi connectivity index (χ4v) is 1.22. The number of aryl methyl sites for hydroxylation is 1. The molecule has 82 valence electrons. The Hall–Kier alpha value is -2.24. The summed E-state index contributed by atoms with van der Waals surface area (Å²) in [5.41, 5.74) is 1.31. The molecule has 0 aliphatic carbocycles. The van der Waals surface area contributed by atoms with Crippen LogP contribution in [0.5, 0.6) is 0 Å². The third-order valence-electron chi connectivity index (χ3n) is 2.04. The van der Waals surface area contributed by atoms with Crippen molar-refractivity contribution in [2.75, 3.05) is 0 Å². The van der Waals surface area contributed by atoms with Crippen LogP contribution in [0.4, 0.5) is 0 Å². The topological polar surface area (TPSA) is 72.7 Å². The summed E-state index contributed by atoms with van der Waals surface area (Å²) >= 11 is 0. The molecule has 0 fully saturated rings. The molecule has 1 N–H and O–H groups in total. The smallest absolute Gasteiger partial charge is 0.273 e. The highest BCUT2D eigenvalue weighted by atomic mass is 16.2. The van der Waals surface area contributed by atoms with Crippen molar-refractivity contribution in [1.82, 2.24) is 25.3 Å². The van der Waals surface area contributed by atoms with Gasteiger partial charge in [0.05, 0.1) is 6.20 Å². The van der Waals surface area contributed by atoms with Gasteiger partial charge in [0.1, 0.15) is 0 Å². The zero-order valence-electron chi connectivity index (χ0n) is 8.79. The summed E-state index contributed by atoms with van der Waals surface area (Å²) in [4.78, 5) is 15.5. The first-order valence-corrected chi connectivity index (χ1v) is 4.79. The molecular weight excluding hydrogens is 206 g/mol. The molecule has 2 rings (SSSR count). The lowest BCUT2D eigenvalue weighted by Gasteiger charge is -2.01. The lowest BCUT2D eigenvalue weighted by Crippen LogP contribution is -2.23. The van der Waals surface area contributed by atoms with E-state index in [1.807, 2.05) is 12.1 Å². The Bertz CT molecular complexity index is 479. The van der Waals surface area contributed by atoms with Crippen LogP contribution in [0.1, 0.15) is 16.1 Å². The molecule has 6 heteroatoms. The maximum atomic E-state index is 11.6. The van der Waals surface area contributed by atoms with Crippen molar-refractivity contribution in [2.45, 2.75) is 6.54 Å². The molecular formula is C10H11N5O. The molecule has 0 saturated heterocycles. The normalized spacial score (nSPS) is 10.1. The predicted molar refractivity (Wildman–Crippen MR) is 56.4 cm³/mol. The van der Waals surface area contributed by atoms with Crippen molar-refractivity contribution in [3.63, 3.8) is 0 Å². The van der Waals surface area contributed by atoms with Gasteiger partial charge in [0, 0.05) is 26.0 Å². The number of aromatic nitrogens is 4. The molecule has 0 spiro atoms. The highest BCUT2D eigenvalue weighted by molar-refractivity contribution is 5.91. The number of pyridine rings is 1. The van der Waals surface area contributed by atoms with Crippen molar-refractivity contribution in [3.8, 4) is 0 Å². The van der Waals surface area contributed by atoms with Gasteiger partial charge in [-0.05, 0) is 17.7 Å². The zero-order valence-corrected chi connectivity index (χ0v) is 8.79. The van der Waals surface area contributed by atoms with Crippen LogP contribution >= 0.6 is 0 Å². The minimum absolute atomic E-state index is 0.232. The minimum Gasteiger partial charge on any atom is -0.347 e. The molecule has 2 heterocycles. The van der Waals surface area contributed by atoms with Crippen LogP contribution < -0.4 is 5.32 Å². The van der Waals surface area contributed by atoms with Crippen LogP contribution in [-0.2, 0) is 13.6 Å². The van der Waals surface area contributed by atoms with E-state index in [1.165, 1.54) is 4.68 Å². The highest BCUT2D eigenvalue weighted by Crippen LogP contribution is 1.97. The van der Waals surface area contributed by atoms with E-state index in [9.17, 15) is 4.79 Å². The van der Waals surface area contributed by atoms with E-state index in [2.05, 4.69) is 20.6 Å². The van der Waals surface area contributed by atoms with Gasteiger partial charge in [-0.25, -0.2) is 0 Å². The second-order valence-electron chi connectivity index (χ2n) is 3.32. The van der Waals surface area contributed by atoms with E-state index < -0.39 is 0 Å². The fourth-order valence-electron chi connectivity index (χ4n) is 1.22. The lowest BCUT2D eigenvalue weighted by molar-refractivity contribution is 0.0946. The molecule has 16 heavy (non-hydrogen) atoms. The first-order valence-electron chi connectivity index (χ1n) is 4.79. The summed E-state index contributed by atoms with van der Waals surface area (Å²) in [5.74, 6) is -0.232. The molecule has 0 unspecified atom stereocenters. The van der Waals surface area contributed by atoms with Crippen LogP contribution in [0.25, 0.3) is 0 Å². The van der Waals surface area contributed by atoms with Gasteiger partial charge in [0.25, 0.3) is 5.91 Å². The van der Waals surface area contributed by atoms with Crippen LogP contribution in [-0.4, -0.2) is 25.9 Å². The molecule has 0 atom stereocenters. The zero-order chi connectivity index (χ0) is 11.4. The SMILES string of the molecule is Cn1cc(C(=O)NCc2ccncc2)nn1. The Kier molecular flexibility index (Phi) is 2.90. The molecule has 0 aliphatic heterocycles. The van der Waals surface area contributed by atoms with Gasteiger partial charge in [-0.2, -0.15) is 0 Å². The largest absolute Gasteiger partial charge is 0.347 e. The number of rotatable bonds is 3. The maximum absolute atomic E-state index is 11.6. The van der Waals surface area contributed by atoms with Gasteiger partial charge in [0.2, 0.25) is 0 Å². The Morgan fingerprint density at radius 2 is 2.19 bits per heavy atom. The third kappa shape index (κ3) is 2.41. The number of carbonyl (C=O) groups excluding carboxylic acids is 1. The number of hydrogen-bond acceptors (Lipinski definition) is 4. The summed E-state index contributed by atoms with van der Waals surface area (Å²) < 4.78 is 1.49. The molecule has 0 aliphatic rings. The van der Waals surface area contributed by atoms with Gasteiger partial charge < -0.3 is 5.32 Å². The second-order valence-corrected chi connectivity index (χ2v) is 3.32. The van der Waals surface area contributed by atoms with E-state index >= 15 is 0 Å². The molecule has 2 aromatic heterocycles. The Morgan fingerprint density at radius 1 is 1.44 bits per heavy atom. The first kappa shape index (κ1) is 10.3. The van der Waals surface area contributed by atoms with E-state index in [0.29, 0.717) is 12.2 Å². The monoisotopic (exact) mass is 217 g/mol. The van der Waals surface area contributed by atoms with Crippen molar-refractivity contribution < 1.29 is 4.79 Å². The van der Waals surface area contributed by atoms with Gasteiger partial charge in [-0.3, -0.25) is 14.5 Å². The van der Waals surface area contributed by atoms with Crippen molar-refractivity contribution in [3.05, 3.63) is 42.0 Å². The average Bonchev–Trinajstić information content (AvgIpc) is 2.74. The van der Waals surface area contributed by atoms with Crippen LogP contribution in [0.2, 0.25) is 0 Å². The molecule has 0 bridgehead atoms. The van der Waals surface area contributed by atoms with Gasteiger partial charge >= 0.3 is 0 Å². The lowest BCUT2D eigenvalue weighted by atomic mass is 10.2. The molecule has 0 aromatic carbocycles. The Morgan fingerprint density at radius 3 is 2.81 bits per heavy atom. The standard InChI is InChI=1S/C10H11N5O/c1-15-7-9(13-14-15)10(16)12-6-8-2-4-11-5-3-8/h2-5,7H,6H2,1H3,(H,12,16). The molecule has 0 radical (unpaired) electrons. The van der Waals surface area contributed by atoms with Crippen LogP contribution in [0, 0.1) is 0 Å². The van der Waals surface area contributed by atoms with Gasteiger partial charge in [-0.15, -0.1) is 5.10 Å². The molecule has 0 saturated carbocycles. The van der Waals surface area contributed by atoms with Gasteiger partial charge in [0.15, 0.2) is 5.69 Å². The molecule has 2 aromatic rings. The molecule has 6 nitrogen and oxygen atoms in total. The summed E-state index contributed by atoms with van der Waals surface area (Å²) in [6.07, 6.45) is 4.94. The first-order chi connectivity index (χ1) is 7.75. The number of nitrogens with zero attached hydrogens (tertiary/aromatic N) is 4. The average molecular weight is 217 g/mol. The summed E-state index contributed by atoms with van der Waals surface area (Å²) in [6.45, 7) is 0.456.